The number of rotatable bonds is 4. The fourth-order valence-corrected chi connectivity index (χ4v) is 2.40. The van der Waals surface area contributed by atoms with Gasteiger partial charge in [0.05, 0.1) is 0 Å². The molecule has 1 aliphatic rings. The number of carbonyl (C=O) groups excluding carboxylic acids is 1. The number of carboxylic acid groups (broad SMARTS) is 1. The molecule has 2 N–H and O–H groups in total. The summed E-state index contributed by atoms with van der Waals surface area (Å²) < 4.78 is 0. The summed E-state index contributed by atoms with van der Waals surface area (Å²) in [5.41, 5.74) is 2.62. The van der Waals surface area contributed by atoms with E-state index in [9.17, 15) is 14.7 Å². The van der Waals surface area contributed by atoms with Crippen molar-refractivity contribution in [2.75, 3.05) is 0 Å². The molecule has 1 fully saturated rings. The standard InChI is InChI=1S/C15H19NO3/c1-8-4-9(2)6-11(5-8)13(15(18)19)16-14(17)12-7-10(12)3/h4-6,10,12-13H,7H2,1-3H3,(H,16,17)(H,18,19). The SMILES string of the molecule is Cc1cc(C)cc(C(NC(=O)C2CC2C)C(=O)O)c1. The fraction of sp³-hybridized carbons (Fsp3) is 0.467. The summed E-state index contributed by atoms with van der Waals surface area (Å²) in [6.07, 6.45) is 0.852. The second kappa shape index (κ2) is 5.03. The molecular formula is C15H19NO3. The van der Waals surface area contributed by atoms with E-state index in [1.165, 1.54) is 0 Å². The average Bonchev–Trinajstić information content (AvgIpc) is 3.01. The van der Waals surface area contributed by atoms with Crippen LogP contribution in [-0.2, 0) is 9.59 Å². The molecule has 0 spiro atoms. The summed E-state index contributed by atoms with van der Waals surface area (Å²) in [6, 6.07) is 4.64. The first kappa shape index (κ1) is 13.6. The van der Waals surface area contributed by atoms with Gasteiger partial charge in [-0.1, -0.05) is 36.2 Å². The van der Waals surface area contributed by atoms with Gasteiger partial charge < -0.3 is 10.4 Å². The Balaban J connectivity index is 2.19. The summed E-state index contributed by atoms with van der Waals surface area (Å²) >= 11 is 0. The second-order valence-corrected chi connectivity index (χ2v) is 5.52. The lowest BCUT2D eigenvalue weighted by atomic mass is 10.0. The highest BCUT2D eigenvalue weighted by atomic mass is 16.4. The molecule has 19 heavy (non-hydrogen) atoms. The van der Waals surface area contributed by atoms with Crippen molar-refractivity contribution in [1.29, 1.82) is 0 Å². The van der Waals surface area contributed by atoms with Crippen LogP contribution >= 0.6 is 0 Å². The summed E-state index contributed by atoms with van der Waals surface area (Å²) in [5.74, 6) is -0.827. The van der Waals surface area contributed by atoms with Crippen LogP contribution in [0.25, 0.3) is 0 Å². The number of nitrogens with one attached hydrogen (secondary N) is 1. The molecule has 0 heterocycles. The maximum Gasteiger partial charge on any atom is 0.330 e. The number of amides is 1. The molecule has 1 saturated carbocycles. The maximum absolute atomic E-state index is 11.9. The minimum Gasteiger partial charge on any atom is -0.479 e. The highest BCUT2D eigenvalue weighted by molar-refractivity contribution is 5.87. The molecule has 0 aromatic heterocycles. The lowest BCUT2D eigenvalue weighted by Gasteiger charge is -2.16. The van der Waals surface area contributed by atoms with Crippen LogP contribution in [0.15, 0.2) is 18.2 Å². The fourth-order valence-electron chi connectivity index (χ4n) is 2.40. The topological polar surface area (TPSA) is 66.4 Å². The quantitative estimate of drug-likeness (QED) is 0.873. The van der Waals surface area contributed by atoms with E-state index in [4.69, 9.17) is 0 Å². The summed E-state index contributed by atoms with van der Waals surface area (Å²) in [5, 5.41) is 12.0. The van der Waals surface area contributed by atoms with Crippen molar-refractivity contribution in [2.24, 2.45) is 11.8 Å². The molecule has 1 aromatic carbocycles. The molecule has 0 radical (unpaired) electrons. The van der Waals surface area contributed by atoms with Crippen molar-refractivity contribution in [2.45, 2.75) is 33.2 Å². The Morgan fingerprint density at radius 3 is 2.21 bits per heavy atom. The molecule has 2 rings (SSSR count). The van der Waals surface area contributed by atoms with Gasteiger partial charge in [-0.05, 0) is 31.7 Å². The Labute approximate surface area is 112 Å². The Hall–Kier alpha value is -1.84. The van der Waals surface area contributed by atoms with Gasteiger partial charge in [-0.2, -0.15) is 0 Å². The third-order valence-corrected chi connectivity index (χ3v) is 3.56. The monoisotopic (exact) mass is 261 g/mol. The Kier molecular flexibility index (Phi) is 3.60. The van der Waals surface area contributed by atoms with Crippen LogP contribution < -0.4 is 5.32 Å². The van der Waals surface area contributed by atoms with Crippen molar-refractivity contribution in [3.05, 3.63) is 34.9 Å². The Morgan fingerprint density at radius 1 is 1.26 bits per heavy atom. The van der Waals surface area contributed by atoms with Crippen molar-refractivity contribution < 1.29 is 14.7 Å². The molecule has 4 heteroatoms. The summed E-state index contributed by atoms with van der Waals surface area (Å²) in [6.45, 7) is 5.83. The van der Waals surface area contributed by atoms with Crippen molar-refractivity contribution in [1.82, 2.24) is 5.32 Å². The highest BCUT2D eigenvalue weighted by Gasteiger charge is 2.40. The largest absolute Gasteiger partial charge is 0.479 e. The molecule has 1 amide bonds. The zero-order valence-electron chi connectivity index (χ0n) is 11.4. The molecule has 0 bridgehead atoms. The van der Waals surface area contributed by atoms with Crippen LogP contribution in [-0.4, -0.2) is 17.0 Å². The summed E-state index contributed by atoms with van der Waals surface area (Å²) in [4.78, 5) is 23.3. The zero-order valence-corrected chi connectivity index (χ0v) is 11.4. The molecule has 0 aliphatic heterocycles. The van der Waals surface area contributed by atoms with E-state index < -0.39 is 12.0 Å². The average molecular weight is 261 g/mol. The van der Waals surface area contributed by atoms with E-state index in [1.54, 1.807) is 0 Å². The van der Waals surface area contributed by atoms with E-state index in [0.29, 0.717) is 11.5 Å². The van der Waals surface area contributed by atoms with Crippen LogP contribution in [0.2, 0.25) is 0 Å². The predicted molar refractivity (Wildman–Crippen MR) is 71.7 cm³/mol. The first-order chi connectivity index (χ1) is 8.88. The highest BCUT2D eigenvalue weighted by Crippen LogP contribution is 2.38. The molecular weight excluding hydrogens is 242 g/mol. The molecule has 3 unspecified atom stereocenters. The van der Waals surface area contributed by atoms with Gasteiger partial charge in [-0.3, -0.25) is 4.79 Å². The van der Waals surface area contributed by atoms with Gasteiger partial charge in [0.1, 0.15) is 0 Å². The van der Waals surface area contributed by atoms with Crippen molar-refractivity contribution >= 4 is 11.9 Å². The maximum atomic E-state index is 11.9. The van der Waals surface area contributed by atoms with Crippen molar-refractivity contribution in [3.63, 3.8) is 0 Å². The van der Waals surface area contributed by atoms with Crippen LogP contribution in [0.1, 0.15) is 36.1 Å². The van der Waals surface area contributed by atoms with E-state index in [0.717, 1.165) is 17.5 Å². The third kappa shape index (κ3) is 3.13. The second-order valence-electron chi connectivity index (χ2n) is 5.52. The van der Waals surface area contributed by atoms with Crippen molar-refractivity contribution in [3.8, 4) is 0 Å². The number of hydrogen-bond donors (Lipinski definition) is 2. The first-order valence-electron chi connectivity index (χ1n) is 6.50. The number of hydrogen-bond acceptors (Lipinski definition) is 2. The summed E-state index contributed by atoms with van der Waals surface area (Å²) in [7, 11) is 0. The number of carboxylic acids is 1. The molecule has 3 atom stereocenters. The van der Waals surface area contributed by atoms with Crippen LogP contribution in [0.5, 0.6) is 0 Å². The van der Waals surface area contributed by atoms with Gasteiger partial charge >= 0.3 is 5.97 Å². The lowest BCUT2D eigenvalue weighted by Crippen LogP contribution is -2.35. The number of carbonyl (C=O) groups is 2. The smallest absolute Gasteiger partial charge is 0.330 e. The minimum atomic E-state index is -1.02. The Bertz CT molecular complexity index is 504. The van der Waals surface area contributed by atoms with Gasteiger partial charge in [0.15, 0.2) is 6.04 Å². The van der Waals surface area contributed by atoms with Crippen LogP contribution in [0, 0.1) is 25.7 Å². The molecule has 4 nitrogen and oxygen atoms in total. The van der Waals surface area contributed by atoms with Gasteiger partial charge in [0, 0.05) is 5.92 Å². The molecule has 102 valence electrons. The van der Waals surface area contributed by atoms with Crippen LogP contribution in [0.3, 0.4) is 0 Å². The number of benzene rings is 1. The van der Waals surface area contributed by atoms with Gasteiger partial charge in [-0.15, -0.1) is 0 Å². The van der Waals surface area contributed by atoms with Crippen LogP contribution in [0.4, 0.5) is 0 Å². The number of aliphatic carboxylic acids is 1. The van der Waals surface area contributed by atoms with Gasteiger partial charge in [-0.25, -0.2) is 4.79 Å². The van der Waals surface area contributed by atoms with Gasteiger partial charge in [0.2, 0.25) is 5.91 Å². The molecule has 0 saturated heterocycles. The number of aryl methyl sites for hydroxylation is 2. The third-order valence-electron chi connectivity index (χ3n) is 3.56. The van der Waals surface area contributed by atoms with E-state index in [1.807, 2.05) is 39.0 Å². The molecule has 1 aliphatic carbocycles. The predicted octanol–water partition coefficient (Wildman–Crippen LogP) is 2.20. The van der Waals surface area contributed by atoms with E-state index in [-0.39, 0.29) is 11.8 Å². The lowest BCUT2D eigenvalue weighted by molar-refractivity contribution is -0.142. The zero-order chi connectivity index (χ0) is 14.2. The molecule has 1 aromatic rings. The van der Waals surface area contributed by atoms with E-state index in [2.05, 4.69) is 5.32 Å². The minimum absolute atomic E-state index is 0.0206. The van der Waals surface area contributed by atoms with Gasteiger partial charge in [0.25, 0.3) is 0 Å². The first-order valence-corrected chi connectivity index (χ1v) is 6.50. The van der Waals surface area contributed by atoms with E-state index >= 15 is 0 Å². The Morgan fingerprint density at radius 2 is 1.79 bits per heavy atom. The normalized spacial score (nSPS) is 22.7.